The Morgan fingerprint density at radius 2 is 1.55 bits per heavy atom. The molecule has 1 aliphatic carbocycles. The monoisotopic (exact) mass is 539 g/mol. The molecule has 1 saturated carbocycles. The number of sulfone groups is 1. The van der Waals surface area contributed by atoms with Crippen molar-refractivity contribution in [3.05, 3.63) is 54.1 Å². The molecule has 0 unspecified atom stereocenters. The average molecular weight is 540 g/mol. The highest BCUT2D eigenvalue weighted by molar-refractivity contribution is 7.91. The maximum atomic E-state index is 13.4. The number of alkyl carbamates (subject to hydrolysis) is 1. The van der Waals surface area contributed by atoms with Crippen LogP contribution < -0.4 is 10.6 Å². The fourth-order valence-electron chi connectivity index (χ4n) is 4.58. The molecule has 38 heavy (non-hydrogen) atoms. The van der Waals surface area contributed by atoms with Crippen molar-refractivity contribution in [1.82, 2.24) is 10.6 Å². The van der Waals surface area contributed by atoms with Gasteiger partial charge in [-0.3, -0.25) is 4.79 Å². The molecule has 1 aliphatic rings. The van der Waals surface area contributed by atoms with Gasteiger partial charge < -0.3 is 15.4 Å². The van der Waals surface area contributed by atoms with E-state index in [9.17, 15) is 23.3 Å². The van der Waals surface area contributed by atoms with Gasteiger partial charge in [0.2, 0.25) is 5.91 Å². The standard InChI is InChI=1S/C29H37N3O5S/c1-5-38(35,36)25-15-13-23(14-16-25)22-11-9-21(10-12-22)19-24(20-30)31-26(33)29(17-7-6-8-18-29)32-27(34)37-28(2,3)4/h9-16,24H,5-8,17-19H2,1-4H3,(H,31,33)(H,32,34)/t24-/m0/s1. The lowest BCUT2D eigenvalue weighted by Gasteiger charge is -2.37. The summed E-state index contributed by atoms with van der Waals surface area (Å²) in [6.07, 6.45) is 3.22. The number of hydrogen-bond acceptors (Lipinski definition) is 6. The van der Waals surface area contributed by atoms with Gasteiger partial charge in [0.1, 0.15) is 17.2 Å². The Hall–Kier alpha value is -3.38. The van der Waals surface area contributed by atoms with E-state index in [-0.39, 0.29) is 11.7 Å². The zero-order valence-corrected chi connectivity index (χ0v) is 23.4. The van der Waals surface area contributed by atoms with Crippen LogP contribution in [0.2, 0.25) is 0 Å². The zero-order valence-electron chi connectivity index (χ0n) is 22.5. The predicted octanol–water partition coefficient (Wildman–Crippen LogP) is 4.93. The lowest BCUT2D eigenvalue weighted by molar-refractivity contribution is -0.129. The van der Waals surface area contributed by atoms with Crippen LogP contribution >= 0.6 is 0 Å². The number of benzene rings is 2. The summed E-state index contributed by atoms with van der Waals surface area (Å²) in [5.74, 6) is -0.316. The SMILES string of the molecule is CCS(=O)(=O)c1ccc(-c2ccc(C[C@@H](C#N)NC(=O)C3(NC(=O)OC(C)(C)C)CCCCC3)cc2)cc1. The Labute approximate surface area is 225 Å². The molecule has 2 amide bonds. The Bertz CT molecular complexity index is 1270. The number of hydrogen-bond donors (Lipinski definition) is 2. The molecule has 2 aromatic carbocycles. The normalized spacial score (nSPS) is 16.1. The van der Waals surface area contributed by atoms with Gasteiger partial charge in [0.05, 0.1) is 16.7 Å². The second-order valence-electron chi connectivity index (χ2n) is 10.8. The number of carbonyl (C=O) groups excluding carboxylic acids is 2. The number of rotatable bonds is 8. The number of carbonyl (C=O) groups is 2. The van der Waals surface area contributed by atoms with Crippen LogP contribution in [0.3, 0.4) is 0 Å². The summed E-state index contributed by atoms with van der Waals surface area (Å²) in [4.78, 5) is 26.2. The third-order valence-corrected chi connectivity index (χ3v) is 8.41. The van der Waals surface area contributed by atoms with E-state index in [1.54, 1.807) is 52.0 Å². The van der Waals surface area contributed by atoms with Crippen molar-refractivity contribution in [2.75, 3.05) is 5.75 Å². The van der Waals surface area contributed by atoms with Crippen LogP contribution in [-0.2, 0) is 25.8 Å². The van der Waals surface area contributed by atoms with Gasteiger partial charge in [-0.15, -0.1) is 0 Å². The van der Waals surface area contributed by atoms with Crippen LogP contribution in [0.25, 0.3) is 11.1 Å². The van der Waals surface area contributed by atoms with Crippen LogP contribution in [0.15, 0.2) is 53.4 Å². The minimum atomic E-state index is -3.25. The number of nitriles is 1. The second kappa shape index (κ2) is 12.0. The zero-order chi connectivity index (χ0) is 28.0. The van der Waals surface area contributed by atoms with Gasteiger partial charge in [0, 0.05) is 6.42 Å². The molecule has 0 aliphatic heterocycles. The van der Waals surface area contributed by atoms with Crippen LogP contribution in [0, 0.1) is 11.3 Å². The maximum Gasteiger partial charge on any atom is 0.408 e. The van der Waals surface area contributed by atoms with E-state index in [2.05, 4.69) is 16.7 Å². The fourth-order valence-corrected chi connectivity index (χ4v) is 5.46. The molecule has 0 radical (unpaired) electrons. The molecular weight excluding hydrogens is 502 g/mol. The van der Waals surface area contributed by atoms with Gasteiger partial charge in [-0.1, -0.05) is 62.6 Å². The van der Waals surface area contributed by atoms with Gasteiger partial charge >= 0.3 is 6.09 Å². The first-order valence-corrected chi connectivity index (χ1v) is 14.7. The highest BCUT2D eigenvalue weighted by Gasteiger charge is 2.42. The fraction of sp³-hybridized carbons (Fsp3) is 0.483. The molecule has 0 spiro atoms. The lowest BCUT2D eigenvalue weighted by Crippen LogP contribution is -2.61. The van der Waals surface area contributed by atoms with Crippen LogP contribution in [0.1, 0.15) is 65.4 Å². The number of nitrogens with one attached hydrogen (secondary N) is 2. The molecule has 1 atom stereocenters. The Balaban J connectivity index is 1.68. The van der Waals surface area contributed by atoms with Crippen molar-refractivity contribution < 1.29 is 22.7 Å². The molecule has 8 nitrogen and oxygen atoms in total. The largest absolute Gasteiger partial charge is 0.444 e. The summed E-state index contributed by atoms with van der Waals surface area (Å²) in [6.45, 7) is 6.92. The molecule has 2 aromatic rings. The van der Waals surface area contributed by atoms with Crippen LogP contribution in [0.5, 0.6) is 0 Å². The summed E-state index contributed by atoms with van der Waals surface area (Å²) in [6, 6.07) is 15.7. The number of amides is 2. The van der Waals surface area contributed by atoms with E-state index in [1.165, 1.54) is 0 Å². The highest BCUT2D eigenvalue weighted by atomic mass is 32.2. The Morgan fingerprint density at radius 1 is 1.00 bits per heavy atom. The van der Waals surface area contributed by atoms with E-state index >= 15 is 0 Å². The first kappa shape index (κ1) is 29.2. The number of ether oxygens (including phenoxy) is 1. The minimum Gasteiger partial charge on any atom is -0.444 e. The predicted molar refractivity (Wildman–Crippen MR) is 146 cm³/mol. The van der Waals surface area contributed by atoms with Gasteiger partial charge in [-0.05, 0) is 62.4 Å². The third kappa shape index (κ3) is 7.57. The average Bonchev–Trinajstić information content (AvgIpc) is 2.88. The second-order valence-corrected chi connectivity index (χ2v) is 13.0. The van der Waals surface area contributed by atoms with E-state index in [0.717, 1.165) is 36.0 Å². The number of nitrogens with zero attached hydrogens (tertiary/aromatic N) is 1. The topological polar surface area (TPSA) is 125 Å². The summed E-state index contributed by atoms with van der Waals surface area (Å²) in [7, 11) is -3.25. The Morgan fingerprint density at radius 3 is 2.05 bits per heavy atom. The van der Waals surface area contributed by atoms with Crippen molar-refractivity contribution >= 4 is 21.8 Å². The van der Waals surface area contributed by atoms with Crippen molar-refractivity contribution in [2.24, 2.45) is 0 Å². The molecule has 0 heterocycles. The molecule has 204 valence electrons. The summed E-state index contributed by atoms with van der Waals surface area (Å²) >= 11 is 0. The molecule has 9 heteroatoms. The highest BCUT2D eigenvalue weighted by Crippen LogP contribution is 2.29. The van der Waals surface area contributed by atoms with Crippen molar-refractivity contribution in [1.29, 1.82) is 5.26 Å². The van der Waals surface area contributed by atoms with Gasteiger partial charge in [-0.25, -0.2) is 13.2 Å². The quantitative estimate of drug-likeness (QED) is 0.490. The lowest BCUT2D eigenvalue weighted by atomic mass is 9.80. The van der Waals surface area contributed by atoms with E-state index in [4.69, 9.17) is 4.74 Å². The van der Waals surface area contributed by atoms with Gasteiger partial charge in [0.15, 0.2) is 9.84 Å². The minimum absolute atomic E-state index is 0.0514. The van der Waals surface area contributed by atoms with Crippen LogP contribution in [-0.4, -0.2) is 43.4 Å². The molecule has 3 rings (SSSR count). The van der Waals surface area contributed by atoms with Gasteiger partial charge in [-0.2, -0.15) is 5.26 Å². The smallest absolute Gasteiger partial charge is 0.408 e. The summed E-state index contributed by atoms with van der Waals surface area (Å²) in [5, 5.41) is 15.4. The molecule has 0 bridgehead atoms. The molecule has 2 N–H and O–H groups in total. The third-order valence-electron chi connectivity index (χ3n) is 6.66. The van der Waals surface area contributed by atoms with Crippen molar-refractivity contribution in [3.63, 3.8) is 0 Å². The molecule has 0 saturated heterocycles. The van der Waals surface area contributed by atoms with Crippen molar-refractivity contribution in [3.8, 4) is 17.2 Å². The summed E-state index contributed by atoms with van der Waals surface area (Å²) in [5.41, 5.74) is 0.867. The molecular formula is C29H37N3O5S. The van der Waals surface area contributed by atoms with Crippen molar-refractivity contribution in [2.45, 2.75) is 88.3 Å². The molecule has 0 aromatic heterocycles. The molecule has 1 fully saturated rings. The van der Waals surface area contributed by atoms with E-state index < -0.39 is 33.1 Å². The first-order chi connectivity index (χ1) is 17.9. The maximum absolute atomic E-state index is 13.4. The van der Waals surface area contributed by atoms with E-state index in [1.807, 2.05) is 24.3 Å². The van der Waals surface area contributed by atoms with E-state index in [0.29, 0.717) is 24.2 Å². The van der Waals surface area contributed by atoms with Crippen LogP contribution in [0.4, 0.5) is 4.79 Å². The Kier molecular flexibility index (Phi) is 9.21. The first-order valence-electron chi connectivity index (χ1n) is 13.0. The van der Waals surface area contributed by atoms with Gasteiger partial charge in [0.25, 0.3) is 0 Å². The summed E-state index contributed by atoms with van der Waals surface area (Å²) < 4.78 is 29.5.